The quantitative estimate of drug-likeness (QED) is 0.556. The van der Waals surface area contributed by atoms with Crippen molar-refractivity contribution in [1.82, 2.24) is 20.1 Å². The van der Waals surface area contributed by atoms with E-state index in [-0.39, 0.29) is 11.8 Å². The van der Waals surface area contributed by atoms with E-state index in [2.05, 4.69) is 74.5 Å². The third kappa shape index (κ3) is 5.25. The van der Waals surface area contributed by atoms with Gasteiger partial charge in [0.25, 0.3) is 0 Å². The van der Waals surface area contributed by atoms with Crippen molar-refractivity contribution in [3.05, 3.63) is 53.9 Å². The van der Waals surface area contributed by atoms with Gasteiger partial charge in [-0.3, -0.25) is 9.36 Å². The van der Waals surface area contributed by atoms with E-state index in [0.29, 0.717) is 6.54 Å². The van der Waals surface area contributed by atoms with Crippen LogP contribution in [-0.2, 0) is 11.3 Å². The molecule has 0 atom stereocenters. The van der Waals surface area contributed by atoms with Crippen molar-refractivity contribution in [3.63, 3.8) is 0 Å². The maximum atomic E-state index is 12.2. The molecule has 31 heavy (non-hydrogen) atoms. The number of rotatable bonds is 8. The van der Waals surface area contributed by atoms with E-state index in [4.69, 9.17) is 0 Å². The van der Waals surface area contributed by atoms with E-state index in [1.54, 1.807) is 11.3 Å². The van der Waals surface area contributed by atoms with Crippen LogP contribution in [0.25, 0.3) is 5.13 Å². The highest BCUT2D eigenvalue weighted by atomic mass is 32.1. The summed E-state index contributed by atoms with van der Waals surface area (Å²) in [5.41, 5.74) is 3.48. The van der Waals surface area contributed by atoms with Gasteiger partial charge in [0.15, 0.2) is 0 Å². The lowest BCUT2D eigenvalue weighted by atomic mass is 9.96. The van der Waals surface area contributed by atoms with Gasteiger partial charge < -0.3 is 15.5 Å². The summed E-state index contributed by atoms with van der Waals surface area (Å²) in [5, 5.41) is 17.2. The van der Waals surface area contributed by atoms with Crippen LogP contribution in [-0.4, -0.2) is 40.3 Å². The zero-order chi connectivity index (χ0) is 21.6. The van der Waals surface area contributed by atoms with Crippen LogP contribution in [0.15, 0.2) is 42.6 Å². The zero-order valence-electron chi connectivity index (χ0n) is 18.2. The summed E-state index contributed by atoms with van der Waals surface area (Å²) in [6.45, 7) is 7.31. The first-order valence-corrected chi connectivity index (χ1v) is 11.8. The lowest BCUT2D eigenvalue weighted by molar-refractivity contribution is -0.125. The minimum absolute atomic E-state index is 0.110. The molecule has 0 unspecified atom stereocenters. The number of anilines is 2. The normalized spacial score (nSPS) is 14.6. The molecule has 3 heterocycles. The molecule has 0 aliphatic carbocycles. The third-order valence-electron chi connectivity index (χ3n) is 5.65. The Balaban J connectivity index is 1.36. The van der Waals surface area contributed by atoms with Gasteiger partial charge in [0.2, 0.25) is 16.2 Å². The number of nitrogens with one attached hydrogen (secondary N) is 2. The SMILES string of the molecule is CCCNC(=O)C1CCN(c2nnc(-n3cccc3CNc3ccc(C)cc3)s2)CC1. The molecule has 7 nitrogen and oxygen atoms in total. The van der Waals surface area contributed by atoms with Crippen molar-refractivity contribution >= 4 is 28.1 Å². The number of carbonyl (C=O) groups excluding carboxylic acids is 1. The van der Waals surface area contributed by atoms with Crippen molar-refractivity contribution in [2.45, 2.75) is 39.7 Å². The molecule has 2 aromatic heterocycles. The summed E-state index contributed by atoms with van der Waals surface area (Å²) in [6, 6.07) is 12.5. The first-order valence-electron chi connectivity index (χ1n) is 11.0. The summed E-state index contributed by atoms with van der Waals surface area (Å²) >= 11 is 1.60. The standard InChI is InChI=1S/C23H30N6OS/c1-3-12-24-21(30)18-10-14-28(15-11-18)22-26-27-23(31-22)29-13-4-5-20(29)16-25-19-8-6-17(2)7-9-19/h4-9,13,18,25H,3,10-12,14-16H2,1-2H3,(H,24,30). The summed E-state index contributed by atoms with van der Waals surface area (Å²) < 4.78 is 2.09. The fourth-order valence-electron chi connectivity index (χ4n) is 3.77. The maximum Gasteiger partial charge on any atom is 0.223 e. The van der Waals surface area contributed by atoms with Crippen LogP contribution in [0.4, 0.5) is 10.8 Å². The molecule has 1 saturated heterocycles. The van der Waals surface area contributed by atoms with Gasteiger partial charge in [-0.2, -0.15) is 0 Å². The molecule has 4 rings (SSSR count). The maximum absolute atomic E-state index is 12.2. The number of carbonyl (C=O) groups is 1. The van der Waals surface area contributed by atoms with Crippen LogP contribution in [0, 0.1) is 12.8 Å². The van der Waals surface area contributed by atoms with Gasteiger partial charge in [-0.15, -0.1) is 10.2 Å². The van der Waals surface area contributed by atoms with Crippen LogP contribution < -0.4 is 15.5 Å². The second kappa shape index (κ2) is 9.96. The summed E-state index contributed by atoms with van der Waals surface area (Å²) in [6.07, 6.45) is 4.72. The minimum Gasteiger partial charge on any atom is -0.379 e. The molecule has 0 bridgehead atoms. The Morgan fingerprint density at radius 2 is 1.87 bits per heavy atom. The zero-order valence-corrected chi connectivity index (χ0v) is 19.0. The van der Waals surface area contributed by atoms with Gasteiger partial charge >= 0.3 is 0 Å². The van der Waals surface area contributed by atoms with E-state index < -0.39 is 0 Å². The number of aromatic nitrogens is 3. The van der Waals surface area contributed by atoms with E-state index in [1.165, 1.54) is 5.56 Å². The number of amides is 1. The topological polar surface area (TPSA) is 75.1 Å². The molecular weight excluding hydrogens is 408 g/mol. The van der Waals surface area contributed by atoms with Crippen molar-refractivity contribution in [2.75, 3.05) is 29.9 Å². The lowest BCUT2D eigenvalue weighted by Crippen LogP contribution is -2.40. The first kappa shape index (κ1) is 21.4. The second-order valence-corrected chi connectivity index (χ2v) is 8.94. The fourth-order valence-corrected chi connectivity index (χ4v) is 4.68. The molecule has 3 aromatic rings. The molecule has 8 heteroatoms. The van der Waals surface area contributed by atoms with Gasteiger partial charge in [-0.25, -0.2) is 0 Å². The average Bonchev–Trinajstić information content (AvgIpc) is 3.46. The highest BCUT2D eigenvalue weighted by Gasteiger charge is 2.26. The van der Waals surface area contributed by atoms with Gasteiger partial charge in [-0.1, -0.05) is 36.0 Å². The molecule has 0 spiro atoms. The predicted octanol–water partition coefficient (Wildman–Crippen LogP) is 3.99. The number of benzene rings is 1. The highest BCUT2D eigenvalue weighted by molar-refractivity contribution is 7.17. The molecule has 1 fully saturated rings. The number of nitrogens with zero attached hydrogens (tertiary/aromatic N) is 4. The van der Waals surface area contributed by atoms with Crippen LogP contribution in [0.1, 0.15) is 37.4 Å². The molecule has 1 amide bonds. The van der Waals surface area contributed by atoms with Gasteiger partial charge in [0, 0.05) is 43.1 Å². The predicted molar refractivity (Wildman–Crippen MR) is 126 cm³/mol. The van der Waals surface area contributed by atoms with E-state index in [1.807, 2.05) is 12.3 Å². The van der Waals surface area contributed by atoms with Crippen molar-refractivity contribution in [1.29, 1.82) is 0 Å². The Bertz CT molecular complexity index is 988. The Morgan fingerprint density at radius 3 is 2.61 bits per heavy atom. The second-order valence-electron chi connectivity index (χ2n) is 8.01. The molecule has 1 aromatic carbocycles. The number of hydrogen-bond donors (Lipinski definition) is 2. The molecule has 0 saturated carbocycles. The summed E-state index contributed by atoms with van der Waals surface area (Å²) in [7, 11) is 0. The Hall–Kier alpha value is -2.87. The van der Waals surface area contributed by atoms with Gasteiger partial charge in [-0.05, 0) is 50.5 Å². The Labute approximate surface area is 187 Å². The Kier molecular flexibility index (Phi) is 6.86. The fraction of sp³-hybridized carbons (Fsp3) is 0.435. The van der Waals surface area contributed by atoms with Gasteiger partial charge in [0.05, 0.1) is 6.54 Å². The van der Waals surface area contributed by atoms with Crippen LogP contribution in [0.2, 0.25) is 0 Å². The number of hydrogen-bond acceptors (Lipinski definition) is 6. The smallest absolute Gasteiger partial charge is 0.223 e. The van der Waals surface area contributed by atoms with Crippen molar-refractivity contribution in [2.24, 2.45) is 5.92 Å². The molecule has 1 aliphatic rings. The first-order chi connectivity index (χ1) is 15.1. The largest absolute Gasteiger partial charge is 0.379 e. The summed E-state index contributed by atoms with van der Waals surface area (Å²) in [5.74, 6) is 0.302. The third-order valence-corrected chi connectivity index (χ3v) is 6.64. The van der Waals surface area contributed by atoms with Gasteiger partial charge in [0.1, 0.15) is 0 Å². The Morgan fingerprint density at radius 1 is 1.13 bits per heavy atom. The lowest BCUT2D eigenvalue weighted by Gasteiger charge is -2.30. The molecule has 1 aliphatic heterocycles. The monoisotopic (exact) mass is 438 g/mol. The van der Waals surface area contributed by atoms with Crippen molar-refractivity contribution < 1.29 is 4.79 Å². The molecule has 2 N–H and O–H groups in total. The minimum atomic E-state index is 0.110. The van der Waals surface area contributed by atoms with Crippen LogP contribution in [0.5, 0.6) is 0 Å². The van der Waals surface area contributed by atoms with E-state index >= 15 is 0 Å². The van der Waals surface area contributed by atoms with E-state index in [0.717, 1.165) is 60.5 Å². The molecule has 0 radical (unpaired) electrons. The molecule has 164 valence electrons. The number of aryl methyl sites for hydroxylation is 1. The molecular formula is C23H30N6OS. The van der Waals surface area contributed by atoms with E-state index in [9.17, 15) is 4.79 Å². The van der Waals surface area contributed by atoms with Crippen LogP contribution in [0.3, 0.4) is 0 Å². The average molecular weight is 439 g/mol. The number of piperidine rings is 1. The highest BCUT2D eigenvalue weighted by Crippen LogP contribution is 2.28. The van der Waals surface area contributed by atoms with Crippen molar-refractivity contribution in [3.8, 4) is 5.13 Å². The van der Waals surface area contributed by atoms with Crippen LogP contribution >= 0.6 is 11.3 Å². The summed E-state index contributed by atoms with van der Waals surface area (Å²) in [4.78, 5) is 14.5.